The zero-order valence-corrected chi connectivity index (χ0v) is 13.4. The Morgan fingerprint density at radius 2 is 2.00 bits per heavy atom. The van der Waals surface area contributed by atoms with Crippen molar-refractivity contribution in [3.63, 3.8) is 0 Å². The van der Waals surface area contributed by atoms with Crippen LogP contribution in [-0.4, -0.2) is 40.7 Å². The molecular weight excluding hydrogens is 325 g/mol. The fourth-order valence-corrected chi connectivity index (χ4v) is 2.52. The Balaban J connectivity index is 2.22. The van der Waals surface area contributed by atoms with Gasteiger partial charge in [0.25, 0.3) is 5.72 Å². The maximum absolute atomic E-state index is 13.3. The first-order valence-corrected chi connectivity index (χ1v) is 7.52. The molecule has 0 aliphatic carbocycles. The van der Waals surface area contributed by atoms with E-state index in [1.54, 1.807) is 31.2 Å². The van der Waals surface area contributed by atoms with Crippen molar-refractivity contribution in [1.82, 2.24) is 5.01 Å². The van der Waals surface area contributed by atoms with Gasteiger partial charge in [-0.3, -0.25) is 4.79 Å². The van der Waals surface area contributed by atoms with Crippen LogP contribution in [0.4, 0.5) is 13.2 Å². The number of nitrogens with zero attached hydrogens (tertiary/aromatic N) is 2. The van der Waals surface area contributed by atoms with Crippen molar-refractivity contribution in [2.45, 2.75) is 44.5 Å². The normalized spacial score (nSPS) is 20.9. The maximum atomic E-state index is 13.3. The largest absolute Gasteiger partial charge is 0.497 e. The monoisotopic (exact) mass is 344 g/mol. The smallest absolute Gasteiger partial charge is 0.438 e. The molecule has 0 saturated carbocycles. The number of aliphatic hydroxyl groups is 1. The Kier molecular flexibility index (Phi) is 5.17. The van der Waals surface area contributed by atoms with Gasteiger partial charge >= 0.3 is 6.18 Å². The molecule has 0 radical (unpaired) electrons. The van der Waals surface area contributed by atoms with Crippen molar-refractivity contribution in [2.24, 2.45) is 5.10 Å². The Morgan fingerprint density at radius 3 is 2.50 bits per heavy atom. The lowest BCUT2D eigenvalue weighted by Gasteiger charge is -2.32. The number of hydrogen-bond acceptors (Lipinski definition) is 4. The Bertz CT molecular complexity index is 628. The molecule has 5 nitrogen and oxygen atoms in total. The molecule has 1 amide bonds. The summed E-state index contributed by atoms with van der Waals surface area (Å²) >= 11 is 0. The van der Waals surface area contributed by atoms with Crippen LogP contribution in [0.1, 0.15) is 31.7 Å². The van der Waals surface area contributed by atoms with Crippen molar-refractivity contribution in [3.05, 3.63) is 29.8 Å². The van der Waals surface area contributed by atoms with E-state index in [1.165, 1.54) is 7.11 Å². The number of benzene rings is 1. The van der Waals surface area contributed by atoms with Crippen LogP contribution >= 0.6 is 0 Å². The molecule has 1 N–H and O–H groups in total. The second kappa shape index (κ2) is 6.80. The van der Waals surface area contributed by atoms with Crippen molar-refractivity contribution >= 4 is 11.6 Å². The van der Waals surface area contributed by atoms with Gasteiger partial charge in [0.2, 0.25) is 5.91 Å². The standard InChI is InChI=1S/C16H19F3N2O3/c1-3-4-12-10-15(23,16(17,18)19)21(20-12)14(22)9-11-5-7-13(24-2)8-6-11/h5-8,23H,3-4,9-10H2,1-2H3/t15-/m1/s1. The van der Waals surface area contributed by atoms with Crippen molar-refractivity contribution in [1.29, 1.82) is 0 Å². The van der Waals surface area contributed by atoms with Crippen LogP contribution in [0.3, 0.4) is 0 Å². The van der Waals surface area contributed by atoms with E-state index in [0.29, 0.717) is 24.2 Å². The third-order valence-corrected chi connectivity index (χ3v) is 3.79. The minimum atomic E-state index is -4.98. The molecule has 8 heteroatoms. The van der Waals surface area contributed by atoms with Crippen molar-refractivity contribution < 1.29 is 27.8 Å². The third kappa shape index (κ3) is 3.53. The minimum absolute atomic E-state index is 0.167. The molecule has 0 bridgehead atoms. The van der Waals surface area contributed by atoms with Gasteiger partial charge < -0.3 is 9.84 Å². The van der Waals surface area contributed by atoms with Gasteiger partial charge in [-0.15, -0.1) is 0 Å². The maximum Gasteiger partial charge on any atom is 0.438 e. The number of hydrazone groups is 1. The second-order valence-corrected chi connectivity index (χ2v) is 5.64. The van der Waals surface area contributed by atoms with E-state index in [0.717, 1.165) is 0 Å². The molecule has 1 aromatic carbocycles. The summed E-state index contributed by atoms with van der Waals surface area (Å²) in [4.78, 5) is 12.3. The second-order valence-electron chi connectivity index (χ2n) is 5.64. The predicted molar refractivity (Wildman–Crippen MR) is 81.5 cm³/mol. The topological polar surface area (TPSA) is 62.1 Å². The van der Waals surface area contributed by atoms with Crippen LogP contribution in [0.15, 0.2) is 29.4 Å². The number of methoxy groups -OCH3 is 1. The van der Waals surface area contributed by atoms with Gasteiger partial charge in [0.15, 0.2) is 0 Å². The molecule has 0 fully saturated rings. The third-order valence-electron chi connectivity index (χ3n) is 3.79. The molecule has 132 valence electrons. The predicted octanol–water partition coefficient (Wildman–Crippen LogP) is 2.88. The fourth-order valence-electron chi connectivity index (χ4n) is 2.52. The molecule has 1 aromatic rings. The van der Waals surface area contributed by atoms with Crippen LogP contribution in [0, 0.1) is 0 Å². The summed E-state index contributed by atoms with van der Waals surface area (Å²) in [5.74, 6) is -0.339. The molecule has 1 heterocycles. The minimum Gasteiger partial charge on any atom is -0.497 e. The van der Waals surface area contributed by atoms with E-state index >= 15 is 0 Å². The highest BCUT2D eigenvalue weighted by Gasteiger charge is 2.62. The molecular formula is C16H19F3N2O3. The van der Waals surface area contributed by atoms with Crippen molar-refractivity contribution in [3.8, 4) is 5.75 Å². The fraction of sp³-hybridized carbons (Fsp3) is 0.500. The van der Waals surface area contributed by atoms with Crippen LogP contribution in [0.25, 0.3) is 0 Å². The summed E-state index contributed by atoms with van der Waals surface area (Å²) in [6.07, 6.45) is -5.12. The van der Waals surface area contributed by atoms with Gasteiger partial charge in [0.05, 0.1) is 13.5 Å². The van der Waals surface area contributed by atoms with Crippen molar-refractivity contribution in [2.75, 3.05) is 7.11 Å². The number of carbonyl (C=O) groups is 1. The zero-order chi connectivity index (χ0) is 18.0. The lowest BCUT2D eigenvalue weighted by molar-refractivity contribution is -0.302. The van der Waals surface area contributed by atoms with Gasteiger partial charge in [-0.2, -0.15) is 23.3 Å². The molecule has 1 aliphatic heterocycles. The number of ether oxygens (including phenoxy) is 1. The average Bonchev–Trinajstić information content (AvgIpc) is 2.86. The summed E-state index contributed by atoms with van der Waals surface area (Å²) in [6.45, 7) is 1.79. The Labute approximate surface area is 137 Å². The molecule has 2 rings (SSSR count). The Morgan fingerprint density at radius 1 is 1.38 bits per heavy atom. The lowest BCUT2D eigenvalue weighted by atomic mass is 10.0. The summed E-state index contributed by atoms with van der Waals surface area (Å²) in [5, 5.41) is 14.0. The molecule has 24 heavy (non-hydrogen) atoms. The van der Waals surface area contributed by atoms with Crippen LogP contribution in [0.5, 0.6) is 5.75 Å². The van der Waals surface area contributed by atoms with Gasteiger partial charge in [0, 0.05) is 12.1 Å². The number of rotatable bonds is 5. The van der Waals surface area contributed by atoms with E-state index in [-0.39, 0.29) is 17.1 Å². The Hall–Kier alpha value is -2.09. The lowest BCUT2D eigenvalue weighted by Crippen LogP contribution is -2.57. The summed E-state index contributed by atoms with van der Waals surface area (Å²) in [5.41, 5.74) is -2.61. The SMILES string of the molecule is CCCC1=NN(C(=O)Cc2ccc(OC)cc2)[C@](O)(C(F)(F)F)C1. The van der Waals surface area contributed by atoms with E-state index in [4.69, 9.17) is 4.74 Å². The highest BCUT2D eigenvalue weighted by molar-refractivity contribution is 5.91. The highest BCUT2D eigenvalue weighted by Crippen LogP contribution is 2.41. The number of hydrogen-bond donors (Lipinski definition) is 1. The number of amides is 1. The van der Waals surface area contributed by atoms with Gasteiger partial charge in [-0.05, 0) is 24.1 Å². The summed E-state index contributed by atoms with van der Waals surface area (Å²) in [7, 11) is 1.48. The average molecular weight is 344 g/mol. The van der Waals surface area contributed by atoms with Crippen LogP contribution in [0.2, 0.25) is 0 Å². The quantitative estimate of drug-likeness (QED) is 0.893. The molecule has 1 aliphatic rings. The molecule has 1 atom stereocenters. The van der Waals surface area contributed by atoms with E-state index in [1.807, 2.05) is 0 Å². The first-order valence-electron chi connectivity index (χ1n) is 7.52. The molecule has 0 aromatic heterocycles. The first-order chi connectivity index (χ1) is 11.2. The highest BCUT2D eigenvalue weighted by atomic mass is 19.4. The van der Waals surface area contributed by atoms with E-state index in [9.17, 15) is 23.1 Å². The van der Waals surface area contributed by atoms with Crippen LogP contribution < -0.4 is 4.74 Å². The van der Waals surface area contributed by atoms with E-state index in [2.05, 4.69) is 5.10 Å². The van der Waals surface area contributed by atoms with Gasteiger partial charge in [0.1, 0.15) is 5.75 Å². The summed E-state index contributed by atoms with van der Waals surface area (Å²) < 4.78 is 44.8. The zero-order valence-electron chi connectivity index (χ0n) is 13.4. The van der Waals surface area contributed by atoms with E-state index < -0.39 is 24.2 Å². The molecule has 0 saturated heterocycles. The van der Waals surface area contributed by atoms with Gasteiger partial charge in [-0.25, -0.2) is 0 Å². The molecule has 0 unspecified atom stereocenters. The number of halogens is 3. The van der Waals surface area contributed by atoms with Crippen LogP contribution in [-0.2, 0) is 11.2 Å². The first kappa shape index (κ1) is 18.3. The van der Waals surface area contributed by atoms with Gasteiger partial charge in [-0.1, -0.05) is 25.5 Å². The number of alkyl halides is 3. The summed E-state index contributed by atoms with van der Waals surface area (Å²) in [6, 6.07) is 6.37. The number of carbonyl (C=O) groups excluding carboxylic acids is 1. The molecule has 0 spiro atoms.